The van der Waals surface area contributed by atoms with E-state index in [4.69, 9.17) is 9.47 Å². The maximum absolute atomic E-state index is 12.3. The summed E-state index contributed by atoms with van der Waals surface area (Å²) in [7, 11) is 0. The van der Waals surface area contributed by atoms with E-state index < -0.39 is 0 Å². The number of amides is 1. The van der Waals surface area contributed by atoms with Crippen LogP contribution in [-0.2, 0) is 22.0 Å². The van der Waals surface area contributed by atoms with Crippen LogP contribution in [0, 0.1) is 0 Å². The van der Waals surface area contributed by atoms with Gasteiger partial charge in [-0.15, -0.1) is 0 Å². The van der Waals surface area contributed by atoms with E-state index >= 15 is 0 Å². The zero-order valence-electron chi connectivity index (χ0n) is 19.2. The molecule has 0 aliphatic carbocycles. The summed E-state index contributed by atoms with van der Waals surface area (Å²) in [5, 5.41) is 14.9. The second kappa shape index (κ2) is 8.61. The van der Waals surface area contributed by atoms with Crippen LogP contribution in [-0.4, -0.2) is 24.0 Å². The van der Waals surface area contributed by atoms with Crippen molar-refractivity contribution in [3.63, 3.8) is 0 Å². The summed E-state index contributed by atoms with van der Waals surface area (Å²) in [6.45, 7) is 12.7. The number of hydrogen-bond acceptors (Lipinski definition) is 5. The molecule has 6 heteroatoms. The van der Waals surface area contributed by atoms with Crippen molar-refractivity contribution in [2.24, 2.45) is 5.10 Å². The Morgan fingerprint density at radius 3 is 2.26 bits per heavy atom. The minimum atomic E-state index is -0.197. The monoisotopic (exact) mass is 424 g/mol. The normalized spacial score (nSPS) is 13.6. The number of nitrogens with one attached hydrogen (secondary N) is 1. The molecule has 6 nitrogen and oxygen atoms in total. The van der Waals surface area contributed by atoms with Crippen molar-refractivity contribution < 1.29 is 19.4 Å². The number of rotatable bonds is 5. The Kier molecular flexibility index (Phi) is 6.30. The molecule has 0 saturated carbocycles. The van der Waals surface area contributed by atoms with E-state index in [1.54, 1.807) is 6.21 Å². The third-order valence-electron chi connectivity index (χ3n) is 5.23. The summed E-state index contributed by atoms with van der Waals surface area (Å²) < 4.78 is 10.6. The topological polar surface area (TPSA) is 80.2 Å². The van der Waals surface area contributed by atoms with E-state index in [0.717, 1.165) is 22.3 Å². The average molecular weight is 425 g/mol. The van der Waals surface area contributed by atoms with E-state index in [-0.39, 0.29) is 23.5 Å². The van der Waals surface area contributed by atoms with Crippen molar-refractivity contribution in [3.8, 4) is 17.2 Å². The molecule has 0 fully saturated rings. The van der Waals surface area contributed by atoms with Crippen molar-refractivity contribution in [3.05, 3.63) is 52.6 Å². The lowest BCUT2D eigenvalue weighted by atomic mass is 9.78. The number of carbonyl (C=O) groups excluding carboxylic acids is 1. The minimum absolute atomic E-state index is 0.167. The molecule has 0 saturated heterocycles. The molecule has 0 aromatic heterocycles. The molecule has 0 spiro atoms. The number of fused-ring (bicyclic) bond motifs is 1. The Morgan fingerprint density at radius 1 is 1.03 bits per heavy atom. The van der Waals surface area contributed by atoms with Crippen LogP contribution in [0.4, 0.5) is 0 Å². The first kappa shape index (κ1) is 22.7. The van der Waals surface area contributed by atoms with Gasteiger partial charge in [0.25, 0.3) is 0 Å². The van der Waals surface area contributed by atoms with E-state index in [1.807, 2.05) is 30.3 Å². The molecule has 0 radical (unpaired) electrons. The first-order valence-electron chi connectivity index (χ1n) is 10.5. The minimum Gasteiger partial charge on any atom is -0.507 e. The summed E-state index contributed by atoms with van der Waals surface area (Å²) in [5.74, 6) is 1.56. The van der Waals surface area contributed by atoms with Gasteiger partial charge in [0.05, 0.1) is 6.21 Å². The van der Waals surface area contributed by atoms with E-state index in [9.17, 15) is 9.90 Å². The van der Waals surface area contributed by atoms with Crippen LogP contribution in [0.15, 0.2) is 35.4 Å². The van der Waals surface area contributed by atoms with Crippen molar-refractivity contribution in [1.29, 1.82) is 0 Å². The van der Waals surface area contributed by atoms with Crippen molar-refractivity contribution in [1.82, 2.24) is 5.43 Å². The molecule has 1 aliphatic heterocycles. The molecule has 3 rings (SSSR count). The predicted molar refractivity (Wildman–Crippen MR) is 122 cm³/mol. The number of nitrogens with zero attached hydrogens (tertiary/aromatic N) is 1. The van der Waals surface area contributed by atoms with Crippen molar-refractivity contribution in [2.75, 3.05) is 6.79 Å². The lowest BCUT2D eigenvalue weighted by Gasteiger charge is -2.28. The van der Waals surface area contributed by atoms with Crippen LogP contribution in [0.3, 0.4) is 0 Å². The highest BCUT2D eigenvalue weighted by Gasteiger charge is 2.26. The zero-order valence-corrected chi connectivity index (χ0v) is 19.2. The summed E-state index contributed by atoms with van der Waals surface area (Å²) in [6.07, 6.45) is 2.45. The maximum atomic E-state index is 12.3. The zero-order chi connectivity index (χ0) is 22.8. The summed E-state index contributed by atoms with van der Waals surface area (Å²) in [4.78, 5) is 12.3. The smallest absolute Gasteiger partial charge is 0.240 e. The van der Waals surface area contributed by atoms with Crippen LogP contribution in [0.2, 0.25) is 0 Å². The number of phenols is 1. The van der Waals surface area contributed by atoms with Gasteiger partial charge >= 0.3 is 0 Å². The number of benzene rings is 2. The molecule has 2 aromatic rings. The summed E-state index contributed by atoms with van der Waals surface area (Å²) >= 11 is 0. The van der Waals surface area contributed by atoms with Gasteiger partial charge in [-0.1, -0.05) is 53.7 Å². The highest BCUT2D eigenvalue weighted by molar-refractivity contribution is 5.83. The van der Waals surface area contributed by atoms with Gasteiger partial charge in [0.2, 0.25) is 12.7 Å². The molecule has 1 heterocycles. The number of ether oxygens (including phenoxy) is 2. The Labute approximate surface area is 184 Å². The summed E-state index contributed by atoms with van der Waals surface area (Å²) in [6, 6.07) is 9.50. The van der Waals surface area contributed by atoms with Gasteiger partial charge in [-0.05, 0) is 57.7 Å². The number of hydrazone groups is 1. The maximum Gasteiger partial charge on any atom is 0.240 e. The quantitative estimate of drug-likeness (QED) is 0.534. The van der Waals surface area contributed by atoms with Crippen LogP contribution in [0.1, 0.15) is 70.2 Å². The van der Waals surface area contributed by atoms with Crippen LogP contribution >= 0.6 is 0 Å². The lowest BCUT2D eigenvalue weighted by Crippen LogP contribution is -2.20. The molecule has 2 N–H and O–H groups in total. The summed E-state index contributed by atoms with van der Waals surface area (Å²) in [5.41, 5.74) is 5.83. The van der Waals surface area contributed by atoms with E-state index in [0.29, 0.717) is 30.1 Å². The Bertz CT molecular complexity index is 963. The largest absolute Gasteiger partial charge is 0.507 e. The fourth-order valence-electron chi connectivity index (χ4n) is 3.47. The van der Waals surface area contributed by atoms with Gasteiger partial charge in [-0.3, -0.25) is 4.79 Å². The molecule has 2 aromatic carbocycles. The van der Waals surface area contributed by atoms with Crippen LogP contribution in [0.5, 0.6) is 17.2 Å². The molecule has 0 bridgehead atoms. The highest BCUT2D eigenvalue weighted by atomic mass is 16.7. The standard InChI is InChI=1S/C25H32N2O4/c1-24(2,3)18-11-16(12-19(23(18)29)25(4,5)6)8-10-22(28)27-26-14-17-7-9-20-21(13-17)31-15-30-20/h7,9,11-14,29H,8,10,15H2,1-6H3,(H,27,28). The van der Waals surface area contributed by atoms with Crippen LogP contribution in [0.25, 0.3) is 0 Å². The molecule has 1 aliphatic rings. The Hall–Kier alpha value is -3.02. The number of phenolic OH excluding ortho intramolecular Hbond substituents is 1. The molecule has 166 valence electrons. The molecule has 0 atom stereocenters. The third kappa shape index (κ3) is 5.57. The lowest BCUT2D eigenvalue weighted by molar-refractivity contribution is -0.121. The second-order valence-corrected chi connectivity index (χ2v) is 9.95. The SMILES string of the molecule is CC(C)(C)c1cc(CCC(=O)NN=Cc2ccc3c(c2)OCO3)cc(C(C)(C)C)c1O. The van der Waals surface area contributed by atoms with Gasteiger partial charge in [0.1, 0.15) is 5.75 Å². The Morgan fingerprint density at radius 2 is 1.65 bits per heavy atom. The van der Waals surface area contributed by atoms with E-state index in [1.165, 1.54) is 0 Å². The molecule has 31 heavy (non-hydrogen) atoms. The van der Waals surface area contributed by atoms with Gasteiger partial charge in [0, 0.05) is 6.42 Å². The van der Waals surface area contributed by atoms with E-state index in [2.05, 4.69) is 52.1 Å². The van der Waals surface area contributed by atoms with Gasteiger partial charge in [-0.2, -0.15) is 5.10 Å². The van der Waals surface area contributed by atoms with Crippen molar-refractivity contribution >= 4 is 12.1 Å². The van der Waals surface area contributed by atoms with Gasteiger partial charge < -0.3 is 14.6 Å². The predicted octanol–water partition coefficient (Wildman–Crippen LogP) is 4.80. The number of aryl methyl sites for hydroxylation is 1. The molecular weight excluding hydrogens is 392 g/mol. The van der Waals surface area contributed by atoms with Crippen LogP contribution < -0.4 is 14.9 Å². The number of aromatic hydroxyl groups is 1. The third-order valence-corrected chi connectivity index (χ3v) is 5.23. The second-order valence-electron chi connectivity index (χ2n) is 9.95. The fraction of sp³-hybridized carbons (Fsp3) is 0.440. The molecule has 1 amide bonds. The fourth-order valence-corrected chi connectivity index (χ4v) is 3.47. The average Bonchev–Trinajstić information content (AvgIpc) is 3.13. The van der Waals surface area contributed by atoms with Gasteiger partial charge in [0.15, 0.2) is 11.5 Å². The first-order valence-corrected chi connectivity index (χ1v) is 10.5. The first-order chi connectivity index (χ1) is 14.4. The molecule has 0 unspecified atom stereocenters. The highest BCUT2D eigenvalue weighted by Crippen LogP contribution is 2.40. The van der Waals surface area contributed by atoms with Gasteiger partial charge in [-0.25, -0.2) is 5.43 Å². The number of carbonyl (C=O) groups is 1. The molecular formula is C25H32N2O4. The Balaban J connectivity index is 1.65. The van der Waals surface area contributed by atoms with Crippen molar-refractivity contribution in [2.45, 2.75) is 65.2 Å². The number of hydrogen-bond donors (Lipinski definition) is 2.